The summed E-state index contributed by atoms with van der Waals surface area (Å²) >= 11 is 6.60. The molecule has 0 atom stereocenters. The van der Waals surface area contributed by atoms with E-state index in [1.165, 1.54) is 19.3 Å². The molecule has 1 amide bonds. The molecule has 9 nitrogen and oxygen atoms in total. The molecule has 5 aromatic rings. The van der Waals surface area contributed by atoms with Crippen molar-refractivity contribution in [3.8, 4) is 11.5 Å². The van der Waals surface area contributed by atoms with Gasteiger partial charge in [0.1, 0.15) is 17.2 Å². The van der Waals surface area contributed by atoms with E-state index in [2.05, 4.69) is 69.0 Å². The van der Waals surface area contributed by atoms with Gasteiger partial charge in [-0.3, -0.25) is 4.79 Å². The highest BCUT2D eigenvalue weighted by atomic mass is 35.5. The first-order valence-electron chi connectivity index (χ1n) is 18.6. The third-order valence-electron chi connectivity index (χ3n) is 10.5. The molecule has 0 bridgehead atoms. The summed E-state index contributed by atoms with van der Waals surface area (Å²) in [5.74, 6) is 1.23. The van der Waals surface area contributed by atoms with Gasteiger partial charge in [0.2, 0.25) is 0 Å². The number of fused-ring (bicyclic) bond motifs is 1. The van der Waals surface area contributed by atoms with E-state index in [0.29, 0.717) is 37.7 Å². The van der Waals surface area contributed by atoms with E-state index in [1.807, 2.05) is 47.4 Å². The topological polar surface area (TPSA) is 68.6 Å². The fourth-order valence-electron chi connectivity index (χ4n) is 7.81. The van der Waals surface area contributed by atoms with Crippen molar-refractivity contribution in [3.63, 3.8) is 0 Å². The first-order chi connectivity index (χ1) is 26.1. The number of benzene rings is 4. The van der Waals surface area contributed by atoms with E-state index in [0.717, 1.165) is 70.2 Å². The standard InChI is InChI=1S/C43H49ClN4O5/c1-50-30-52-34-18-14-32(15-19-34)40(33-16-20-35(21-17-33)53-31-51-2)41-36-10-4-6-12-38(36)48(29-24-45-22-8-3-9-23-45)42(41)43(49)47-27-25-46(26-28-47)39-13-7-5-11-37(39)44/h4-7,10-21,40H,3,8-9,22-31H2,1-2H3. The lowest BCUT2D eigenvalue weighted by molar-refractivity contribution is 0.0509. The minimum atomic E-state index is -0.257. The van der Waals surface area contributed by atoms with Crippen LogP contribution in [-0.4, -0.2) is 93.9 Å². The molecule has 0 radical (unpaired) electrons. The number of likely N-dealkylation sites (tertiary alicyclic amines) is 1. The normalized spacial score (nSPS) is 15.3. The maximum atomic E-state index is 15.3. The van der Waals surface area contributed by atoms with Gasteiger partial charge in [-0.15, -0.1) is 0 Å². The Balaban J connectivity index is 1.34. The molecular weight excluding hydrogens is 688 g/mol. The van der Waals surface area contributed by atoms with Crippen LogP contribution in [0.25, 0.3) is 10.9 Å². The molecule has 10 heteroatoms. The largest absolute Gasteiger partial charge is 0.468 e. The van der Waals surface area contributed by atoms with E-state index in [9.17, 15) is 0 Å². The smallest absolute Gasteiger partial charge is 0.270 e. The van der Waals surface area contributed by atoms with E-state index >= 15 is 4.79 Å². The van der Waals surface area contributed by atoms with E-state index in [1.54, 1.807) is 14.2 Å². The molecule has 278 valence electrons. The Hall–Kier alpha value is -4.54. The van der Waals surface area contributed by atoms with E-state index in [-0.39, 0.29) is 25.4 Å². The van der Waals surface area contributed by atoms with Crippen molar-refractivity contribution in [2.75, 3.05) is 78.5 Å². The zero-order valence-electron chi connectivity index (χ0n) is 30.7. The van der Waals surface area contributed by atoms with Gasteiger partial charge in [0, 0.05) is 75.9 Å². The van der Waals surface area contributed by atoms with Crippen molar-refractivity contribution in [1.29, 1.82) is 0 Å². The summed E-state index contributed by atoms with van der Waals surface area (Å²) in [5, 5.41) is 1.81. The highest BCUT2D eigenvalue weighted by molar-refractivity contribution is 6.33. The van der Waals surface area contributed by atoms with Gasteiger partial charge in [0.15, 0.2) is 13.6 Å². The minimum absolute atomic E-state index is 0.0544. The number of aromatic nitrogens is 1. The number of para-hydroxylation sites is 2. The maximum absolute atomic E-state index is 15.3. The van der Waals surface area contributed by atoms with E-state index in [4.69, 9.17) is 30.5 Å². The Morgan fingerprint density at radius 3 is 1.87 bits per heavy atom. The molecule has 0 unspecified atom stereocenters. The second kappa shape index (κ2) is 17.5. The lowest BCUT2D eigenvalue weighted by Crippen LogP contribution is -2.49. The summed E-state index contributed by atoms with van der Waals surface area (Å²) in [7, 11) is 3.22. The number of ether oxygens (including phenoxy) is 4. The zero-order valence-corrected chi connectivity index (χ0v) is 31.5. The number of amides is 1. The number of anilines is 1. The molecule has 2 aliphatic rings. The first-order valence-corrected chi connectivity index (χ1v) is 19.0. The maximum Gasteiger partial charge on any atom is 0.270 e. The number of rotatable bonds is 14. The van der Waals surface area contributed by atoms with Gasteiger partial charge >= 0.3 is 0 Å². The van der Waals surface area contributed by atoms with Crippen molar-refractivity contribution < 1.29 is 23.7 Å². The monoisotopic (exact) mass is 736 g/mol. The van der Waals surface area contributed by atoms with Crippen LogP contribution in [0, 0.1) is 0 Å². The summed E-state index contributed by atoms with van der Waals surface area (Å²) in [4.78, 5) is 22.1. The Bertz CT molecular complexity index is 1900. The lowest BCUT2D eigenvalue weighted by atomic mass is 9.83. The van der Waals surface area contributed by atoms with Gasteiger partial charge in [0.25, 0.3) is 5.91 Å². The average Bonchev–Trinajstić information content (AvgIpc) is 3.53. The van der Waals surface area contributed by atoms with E-state index < -0.39 is 0 Å². The number of piperazine rings is 1. The second-order valence-electron chi connectivity index (χ2n) is 13.7. The molecule has 0 N–H and O–H groups in total. The molecule has 7 rings (SSSR count). The van der Waals surface area contributed by atoms with Crippen molar-refractivity contribution in [2.24, 2.45) is 0 Å². The van der Waals surface area contributed by atoms with Crippen LogP contribution in [0.3, 0.4) is 0 Å². The van der Waals surface area contributed by atoms with Crippen LogP contribution < -0.4 is 14.4 Å². The summed E-state index contributed by atoms with van der Waals surface area (Å²) < 4.78 is 24.2. The average molecular weight is 737 g/mol. The highest BCUT2D eigenvalue weighted by Gasteiger charge is 2.34. The number of hydrogen-bond acceptors (Lipinski definition) is 7. The van der Waals surface area contributed by atoms with Gasteiger partial charge in [0.05, 0.1) is 10.7 Å². The van der Waals surface area contributed by atoms with Gasteiger partial charge in [-0.25, -0.2) is 0 Å². The predicted octanol–water partition coefficient (Wildman–Crippen LogP) is 7.89. The Kier molecular flexibility index (Phi) is 12.2. The molecule has 0 saturated carbocycles. The SMILES string of the molecule is COCOc1ccc(C(c2ccc(OCOC)cc2)c2c(C(=O)N3CCN(c4ccccc4Cl)CC3)n(CCN3CCCCC3)c3ccccc23)cc1. The van der Waals surface area contributed by atoms with Crippen LogP contribution in [0.15, 0.2) is 97.1 Å². The van der Waals surface area contributed by atoms with Crippen LogP contribution in [0.5, 0.6) is 11.5 Å². The Labute approximate surface area is 317 Å². The van der Waals surface area contributed by atoms with Crippen molar-refractivity contribution in [2.45, 2.75) is 31.7 Å². The third kappa shape index (κ3) is 8.34. The third-order valence-corrected chi connectivity index (χ3v) is 10.8. The number of halogens is 1. The molecule has 3 heterocycles. The van der Waals surface area contributed by atoms with Crippen molar-refractivity contribution in [3.05, 3.63) is 124 Å². The number of methoxy groups -OCH3 is 2. The van der Waals surface area contributed by atoms with Gasteiger partial charge in [-0.2, -0.15) is 0 Å². The van der Waals surface area contributed by atoms with Crippen molar-refractivity contribution in [1.82, 2.24) is 14.4 Å². The quantitative estimate of drug-likeness (QED) is 0.108. The summed E-state index contributed by atoms with van der Waals surface area (Å²) in [6.07, 6.45) is 3.72. The zero-order chi connectivity index (χ0) is 36.6. The van der Waals surface area contributed by atoms with Crippen LogP contribution >= 0.6 is 11.6 Å². The fourth-order valence-corrected chi connectivity index (χ4v) is 8.07. The Morgan fingerprint density at radius 1 is 0.679 bits per heavy atom. The number of carbonyl (C=O) groups is 1. The minimum Gasteiger partial charge on any atom is -0.468 e. The number of piperidine rings is 1. The predicted molar refractivity (Wildman–Crippen MR) is 211 cm³/mol. The molecule has 2 saturated heterocycles. The molecule has 1 aromatic heterocycles. The summed E-state index contributed by atoms with van der Waals surface area (Å²) in [6.45, 7) is 6.73. The molecular formula is C43H49ClN4O5. The lowest BCUT2D eigenvalue weighted by Gasteiger charge is -2.37. The van der Waals surface area contributed by atoms with Crippen LogP contribution in [0.2, 0.25) is 5.02 Å². The van der Waals surface area contributed by atoms with Gasteiger partial charge < -0.3 is 38.2 Å². The molecule has 53 heavy (non-hydrogen) atoms. The molecule has 0 spiro atoms. The first kappa shape index (κ1) is 36.8. The second-order valence-corrected chi connectivity index (χ2v) is 14.1. The molecule has 0 aliphatic carbocycles. The number of carbonyl (C=O) groups excluding carboxylic acids is 1. The highest BCUT2D eigenvalue weighted by Crippen LogP contribution is 2.42. The van der Waals surface area contributed by atoms with Crippen LogP contribution in [0.4, 0.5) is 5.69 Å². The number of hydrogen-bond donors (Lipinski definition) is 0. The summed E-state index contributed by atoms with van der Waals surface area (Å²) in [6, 6.07) is 32.7. The van der Waals surface area contributed by atoms with Crippen molar-refractivity contribution >= 4 is 34.1 Å². The van der Waals surface area contributed by atoms with Crippen LogP contribution in [0.1, 0.15) is 52.4 Å². The van der Waals surface area contributed by atoms with Gasteiger partial charge in [-0.05, 0) is 79.5 Å². The fraction of sp³-hybridized carbons (Fsp3) is 0.372. The molecule has 2 aliphatic heterocycles. The summed E-state index contributed by atoms with van der Waals surface area (Å²) in [5.41, 5.74) is 5.94. The van der Waals surface area contributed by atoms with Crippen LogP contribution in [-0.2, 0) is 16.0 Å². The number of nitrogens with zero attached hydrogens (tertiary/aromatic N) is 4. The Morgan fingerprint density at radius 2 is 1.26 bits per heavy atom. The molecule has 4 aromatic carbocycles. The van der Waals surface area contributed by atoms with Gasteiger partial charge in [-0.1, -0.05) is 72.6 Å². The molecule has 2 fully saturated rings.